The first-order chi connectivity index (χ1) is 46.7. The number of aliphatic hydroxyl groups is 1. The number of carbonyl (C=O) groups is 4. The van der Waals surface area contributed by atoms with E-state index in [1.54, 1.807) is 0 Å². The van der Waals surface area contributed by atoms with Crippen LogP contribution in [-0.2, 0) is 65.4 Å². The summed E-state index contributed by atoms with van der Waals surface area (Å²) >= 11 is 0. The quantitative estimate of drug-likeness (QED) is 0.0128. The minimum absolute atomic E-state index is 0.0819. The average molecular weight is 1400 g/mol. The minimum atomic E-state index is -4.97. The summed E-state index contributed by atoms with van der Waals surface area (Å²) in [5.74, 6) is -2.16. The van der Waals surface area contributed by atoms with Crippen LogP contribution >= 0.6 is 15.6 Å². The molecular weight excluding hydrogens is 1260 g/mol. The number of phosphoric ester groups is 2. The number of hydrogen-bond acceptors (Lipinski definition) is 15. The van der Waals surface area contributed by atoms with Crippen molar-refractivity contribution < 1.29 is 80.2 Å². The highest BCUT2D eigenvalue weighted by Gasteiger charge is 2.30. The molecule has 5 atom stereocenters. The van der Waals surface area contributed by atoms with Gasteiger partial charge in [0.05, 0.1) is 26.4 Å². The largest absolute Gasteiger partial charge is 0.472 e. The van der Waals surface area contributed by atoms with E-state index in [9.17, 15) is 43.2 Å². The molecule has 0 aromatic rings. The highest BCUT2D eigenvalue weighted by molar-refractivity contribution is 7.47. The van der Waals surface area contributed by atoms with Crippen LogP contribution in [-0.4, -0.2) is 96.7 Å². The number of carbonyl (C=O) groups excluding carboxylic acids is 4. The normalized spacial score (nSPS) is 14.1. The van der Waals surface area contributed by atoms with Crippen molar-refractivity contribution in [3.63, 3.8) is 0 Å². The summed E-state index contributed by atoms with van der Waals surface area (Å²) in [6, 6.07) is 0. The van der Waals surface area contributed by atoms with Crippen LogP contribution in [0.5, 0.6) is 0 Å². The van der Waals surface area contributed by atoms with E-state index in [4.69, 9.17) is 37.0 Å². The van der Waals surface area contributed by atoms with Crippen molar-refractivity contribution in [1.82, 2.24) is 0 Å². The van der Waals surface area contributed by atoms with E-state index >= 15 is 0 Å². The van der Waals surface area contributed by atoms with Gasteiger partial charge in [0.2, 0.25) is 0 Å². The number of ether oxygens (including phenoxy) is 4. The van der Waals surface area contributed by atoms with Crippen LogP contribution in [0.2, 0.25) is 0 Å². The fraction of sp³-hybridized carbons (Fsp3) is 0.870. The van der Waals surface area contributed by atoms with Crippen molar-refractivity contribution in [2.45, 2.75) is 393 Å². The lowest BCUT2D eigenvalue weighted by atomic mass is 10.0. The van der Waals surface area contributed by atoms with Crippen LogP contribution in [0.25, 0.3) is 0 Å². The van der Waals surface area contributed by atoms with Gasteiger partial charge < -0.3 is 33.8 Å². The molecule has 0 saturated heterocycles. The summed E-state index contributed by atoms with van der Waals surface area (Å²) in [5, 5.41) is 10.6. The van der Waals surface area contributed by atoms with Gasteiger partial charge in [-0.05, 0) is 77.0 Å². The smallest absolute Gasteiger partial charge is 0.462 e. The average Bonchev–Trinajstić information content (AvgIpc) is 1.43. The topological polar surface area (TPSA) is 237 Å². The van der Waals surface area contributed by atoms with Crippen LogP contribution in [0.1, 0.15) is 374 Å². The van der Waals surface area contributed by atoms with E-state index in [1.165, 1.54) is 173 Å². The monoisotopic (exact) mass is 1400 g/mol. The van der Waals surface area contributed by atoms with Gasteiger partial charge in [0.25, 0.3) is 0 Å². The van der Waals surface area contributed by atoms with Crippen molar-refractivity contribution in [2.24, 2.45) is 0 Å². The van der Waals surface area contributed by atoms with Crippen molar-refractivity contribution in [1.29, 1.82) is 0 Å². The first kappa shape index (κ1) is 93.3. The van der Waals surface area contributed by atoms with E-state index in [0.717, 1.165) is 122 Å². The second kappa shape index (κ2) is 70.7. The Morgan fingerprint density at radius 3 is 0.792 bits per heavy atom. The van der Waals surface area contributed by atoms with Crippen molar-refractivity contribution >= 4 is 39.5 Å². The van der Waals surface area contributed by atoms with E-state index in [-0.39, 0.29) is 25.7 Å². The lowest BCUT2D eigenvalue weighted by Crippen LogP contribution is -2.30. The molecule has 0 aromatic carbocycles. The molecule has 0 radical (unpaired) electrons. The molecule has 3 N–H and O–H groups in total. The van der Waals surface area contributed by atoms with Gasteiger partial charge >= 0.3 is 39.5 Å². The summed E-state index contributed by atoms with van der Waals surface area (Å²) in [4.78, 5) is 72.8. The molecule has 0 aliphatic rings. The molecule has 0 aromatic heterocycles. The van der Waals surface area contributed by atoms with Crippen LogP contribution in [0, 0.1) is 0 Å². The second-order valence-corrected chi connectivity index (χ2v) is 29.6. The molecule has 0 rings (SSSR count). The Kier molecular flexibility index (Phi) is 68.7. The Labute approximate surface area is 585 Å². The Balaban J connectivity index is 5.31. The fourth-order valence-corrected chi connectivity index (χ4v) is 12.7. The summed E-state index contributed by atoms with van der Waals surface area (Å²) in [6.45, 7) is 4.90. The third-order valence-corrected chi connectivity index (χ3v) is 19.0. The molecule has 0 bridgehead atoms. The standard InChI is InChI=1S/C77H144O17P2/c1-5-9-13-17-21-25-29-33-35-39-42-46-50-54-58-62-75(80)88-68-73(94-77(82)64-60-56-52-48-44-40-36-34-30-26-22-18-14-10-6-2)70-92-96(85,86)90-66-71(78)65-89-95(83,84)91-69-72(93-76(81)63-59-55-51-47-43-38-32-28-24-20-16-12-8-4)67-87-74(79)61-57-53-49-45-41-37-31-27-23-19-15-11-7-3/h26,30,33-36,71-73,78H,5-25,27-29,31-32,37-70H2,1-4H3,(H,83,84)(H,85,86)/b30-26-,35-33-,36-34-/t71-,72+,73+/m0/s1. The van der Waals surface area contributed by atoms with E-state index in [0.29, 0.717) is 25.7 Å². The zero-order valence-corrected chi connectivity index (χ0v) is 63.4. The third kappa shape index (κ3) is 69.7. The number of unbranched alkanes of at least 4 members (excludes halogenated alkanes) is 44. The first-order valence-electron chi connectivity index (χ1n) is 39.2. The molecule has 0 heterocycles. The Morgan fingerprint density at radius 1 is 0.292 bits per heavy atom. The lowest BCUT2D eigenvalue weighted by Gasteiger charge is -2.21. The maximum Gasteiger partial charge on any atom is 0.472 e. The lowest BCUT2D eigenvalue weighted by molar-refractivity contribution is -0.161. The molecular formula is C77H144O17P2. The predicted octanol–water partition coefficient (Wildman–Crippen LogP) is 22.3. The van der Waals surface area contributed by atoms with Gasteiger partial charge in [-0.3, -0.25) is 37.3 Å². The van der Waals surface area contributed by atoms with Crippen molar-refractivity contribution in [2.75, 3.05) is 39.6 Å². The van der Waals surface area contributed by atoms with Gasteiger partial charge in [-0.15, -0.1) is 0 Å². The van der Waals surface area contributed by atoms with E-state index < -0.39 is 97.5 Å². The molecule has 0 aliphatic carbocycles. The molecule has 0 saturated carbocycles. The summed E-state index contributed by atoms with van der Waals surface area (Å²) in [6.07, 6.45) is 65.5. The number of hydrogen-bond donors (Lipinski definition) is 3. The highest BCUT2D eigenvalue weighted by atomic mass is 31.2. The summed E-state index contributed by atoms with van der Waals surface area (Å²) < 4.78 is 68.5. The molecule has 564 valence electrons. The van der Waals surface area contributed by atoms with Gasteiger partial charge in [0.15, 0.2) is 12.2 Å². The number of aliphatic hydroxyl groups excluding tert-OH is 1. The third-order valence-electron chi connectivity index (χ3n) is 17.1. The maximum atomic E-state index is 13.1. The second-order valence-electron chi connectivity index (χ2n) is 26.7. The van der Waals surface area contributed by atoms with Crippen LogP contribution in [0.15, 0.2) is 36.5 Å². The minimum Gasteiger partial charge on any atom is -0.462 e. The van der Waals surface area contributed by atoms with Crippen LogP contribution in [0.4, 0.5) is 0 Å². The van der Waals surface area contributed by atoms with Gasteiger partial charge in [0, 0.05) is 25.7 Å². The number of phosphoric acid groups is 2. The van der Waals surface area contributed by atoms with E-state index in [1.807, 2.05) is 0 Å². The number of allylic oxidation sites excluding steroid dienone is 6. The highest BCUT2D eigenvalue weighted by Crippen LogP contribution is 2.45. The molecule has 0 spiro atoms. The van der Waals surface area contributed by atoms with Crippen molar-refractivity contribution in [3.05, 3.63) is 36.5 Å². The van der Waals surface area contributed by atoms with Gasteiger partial charge in [0.1, 0.15) is 19.3 Å². The summed E-state index contributed by atoms with van der Waals surface area (Å²) in [7, 11) is -9.93. The van der Waals surface area contributed by atoms with Crippen LogP contribution < -0.4 is 0 Å². The van der Waals surface area contributed by atoms with E-state index in [2.05, 4.69) is 64.2 Å². The molecule has 19 heteroatoms. The predicted molar refractivity (Wildman–Crippen MR) is 391 cm³/mol. The molecule has 0 amide bonds. The molecule has 2 unspecified atom stereocenters. The van der Waals surface area contributed by atoms with Gasteiger partial charge in [-0.2, -0.15) is 0 Å². The zero-order valence-electron chi connectivity index (χ0n) is 61.6. The molecule has 96 heavy (non-hydrogen) atoms. The fourth-order valence-electron chi connectivity index (χ4n) is 11.1. The first-order valence-corrected chi connectivity index (χ1v) is 42.2. The molecule has 0 aliphatic heterocycles. The van der Waals surface area contributed by atoms with Gasteiger partial charge in [-0.25, -0.2) is 9.13 Å². The molecule has 17 nitrogen and oxygen atoms in total. The SMILES string of the molecule is CCCCCC/C=C\C=C/CCCCCCCC(=O)O[C@H](COC(=O)CCCCCCC/C=C\CCCCCCCC)COP(=O)(O)OC[C@@H](O)COP(=O)(O)OC[C@@H](COC(=O)CCCCCCCCCCCCCCC)OC(=O)CCCCCCCCCCCCCCC. The Hall–Kier alpha value is -2.72. The van der Waals surface area contributed by atoms with Crippen LogP contribution in [0.3, 0.4) is 0 Å². The van der Waals surface area contributed by atoms with Gasteiger partial charge in [-0.1, -0.05) is 308 Å². The number of rotatable bonds is 75. The number of esters is 4. The maximum absolute atomic E-state index is 13.1. The summed E-state index contributed by atoms with van der Waals surface area (Å²) in [5.41, 5.74) is 0. The Morgan fingerprint density at radius 2 is 0.510 bits per heavy atom. The molecule has 0 fully saturated rings. The zero-order chi connectivity index (χ0) is 70.4. The Bertz CT molecular complexity index is 1970. The van der Waals surface area contributed by atoms with Crippen molar-refractivity contribution in [3.8, 4) is 0 Å².